The lowest BCUT2D eigenvalue weighted by Crippen LogP contribution is -2.56. The standard InChI is InChI=1S/C21H24N2O2/c1-16-7-9-17(10-8-16)13-23-12-4-11-21(15-23)14-22-20(24)18-5-2-3-6-19(18)25-21/h2-3,5-10H,4,11-15H2,1H3,(H,22,24). The van der Waals surface area contributed by atoms with Crippen LogP contribution in [0.5, 0.6) is 5.75 Å². The van der Waals surface area contributed by atoms with Crippen LogP contribution in [0.4, 0.5) is 0 Å². The minimum Gasteiger partial charge on any atom is -0.483 e. The maximum absolute atomic E-state index is 12.3. The number of nitrogens with one attached hydrogen (secondary N) is 1. The van der Waals surface area contributed by atoms with Gasteiger partial charge in [0.2, 0.25) is 0 Å². The Kier molecular flexibility index (Phi) is 4.22. The van der Waals surface area contributed by atoms with Crippen LogP contribution in [0.3, 0.4) is 0 Å². The first-order valence-corrected chi connectivity index (χ1v) is 8.98. The molecular weight excluding hydrogens is 312 g/mol. The van der Waals surface area contributed by atoms with Crippen molar-refractivity contribution in [3.63, 3.8) is 0 Å². The van der Waals surface area contributed by atoms with Gasteiger partial charge in [-0.2, -0.15) is 0 Å². The van der Waals surface area contributed by atoms with Crippen LogP contribution in [0.25, 0.3) is 0 Å². The number of amides is 1. The summed E-state index contributed by atoms with van der Waals surface area (Å²) in [5, 5.41) is 3.06. The van der Waals surface area contributed by atoms with Crippen molar-refractivity contribution in [2.75, 3.05) is 19.6 Å². The molecule has 25 heavy (non-hydrogen) atoms. The number of likely N-dealkylation sites (tertiary alicyclic amines) is 1. The van der Waals surface area contributed by atoms with E-state index in [0.717, 1.165) is 32.5 Å². The van der Waals surface area contributed by atoms with Gasteiger partial charge in [0.25, 0.3) is 5.91 Å². The predicted molar refractivity (Wildman–Crippen MR) is 97.8 cm³/mol. The normalized spacial score (nSPS) is 23.5. The van der Waals surface area contributed by atoms with Gasteiger partial charge in [0.15, 0.2) is 0 Å². The number of rotatable bonds is 2. The molecule has 130 valence electrons. The summed E-state index contributed by atoms with van der Waals surface area (Å²) in [5.41, 5.74) is 2.90. The van der Waals surface area contributed by atoms with Crippen molar-refractivity contribution < 1.29 is 9.53 Å². The van der Waals surface area contributed by atoms with Crippen molar-refractivity contribution in [3.05, 3.63) is 65.2 Å². The zero-order valence-corrected chi connectivity index (χ0v) is 14.6. The summed E-state index contributed by atoms with van der Waals surface area (Å²) in [5.74, 6) is 0.665. The topological polar surface area (TPSA) is 41.6 Å². The Morgan fingerprint density at radius 1 is 1.16 bits per heavy atom. The number of para-hydroxylation sites is 1. The fraction of sp³-hybridized carbons (Fsp3) is 0.381. The fourth-order valence-corrected chi connectivity index (χ4v) is 3.85. The quantitative estimate of drug-likeness (QED) is 0.916. The Labute approximate surface area is 148 Å². The zero-order valence-electron chi connectivity index (χ0n) is 14.6. The number of aryl methyl sites for hydroxylation is 1. The molecule has 0 radical (unpaired) electrons. The van der Waals surface area contributed by atoms with Crippen LogP contribution in [0.15, 0.2) is 48.5 Å². The summed E-state index contributed by atoms with van der Waals surface area (Å²) >= 11 is 0. The largest absolute Gasteiger partial charge is 0.483 e. The molecule has 1 spiro atoms. The van der Waals surface area contributed by atoms with Crippen molar-refractivity contribution in [1.82, 2.24) is 10.2 Å². The van der Waals surface area contributed by atoms with E-state index in [0.29, 0.717) is 17.9 Å². The number of hydrogen-bond donors (Lipinski definition) is 1. The van der Waals surface area contributed by atoms with Gasteiger partial charge in [-0.15, -0.1) is 0 Å². The Bertz CT molecular complexity index is 772. The summed E-state index contributed by atoms with van der Waals surface area (Å²) in [6.45, 7) is 5.48. The molecule has 4 nitrogen and oxygen atoms in total. The van der Waals surface area contributed by atoms with Gasteiger partial charge >= 0.3 is 0 Å². The van der Waals surface area contributed by atoms with Crippen LogP contribution < -0.4 is 10.1 Å². The lowest BCUT2D eigenvalue weighted by atomic mass is 9.92. The maximum Gasteiger partial charge on any atom is 0.255 e. The third kappa shape index (κ3) is 3.40. The average Bonchev–Trinajstić information content (AvgIpc) is 2.75. The predicted octanol–water partition coefficient (Wildman–Crippen LogP) is 3.15. The molecule has 4 rings (SSSR count). The van der Waals surface area contributed by atoms with E-state index in [1.165, 1.54) is 11.1 Å². The molecule has 1 atom stereocenters. The van der Waals surface area contributed by atoms with Gasteiger partial charge in [-0.3, -0.25) is 9.69 Å². The second kappa shape index (κ2) is 6.52. The van der Waals surface area contributed by atoms with E-state index in [1.54, 1.807) is 0 Å². The first kappa shape index (κ1) is 16.2. The third-order valence-electron chi connectivity index (χ3n) is 5.17. The van der Waals surface area contributed by atoms with Gasteiger partial charge in [0.1, 0.15) is 11.4 Å². The molecule has 2 aliphatic heterocycles. The van der Waals surface area contributed by atoms with Crippen molar-refractivity contribution >= 4 is 5.91 Å². The van der Waals surface area contributed by atoms with Gasteiger partial charge in [0, 0.05) is 13.1 Å². The van der Waals surface area contributed by atoms with Crippen LogP contribution in [0, 0.1) is 6.92 Å². The molecule has 4 heteroatoms. The average molecular weight is 336 g/mol. The molecule has 0 aromatic heterocycles. The van der Waals surface area contributed by atoms with Crippen LogP contribution >= 0.6 is 0 Å². The van der Waals surface area contributed by atoms with E-state index in [-0.39, 0.29) is 11.5 Å². The number of carbonyl (C=O) groups is 1. The molecule has 0 aliphatic carbocycles. The summed E-state index contributed by atoms with van der Waals surface area (Å²) < 4.78 is 6.42. The lowest BCUT2D eigenvalue weighted by molar-refractivity contribution is -0.00704. The van der Waals surface area contributed by atoms with E-state index in [4.69, 9.17) is 4.74 Å². The van der Waals surface area contributed by atoms with E-state index in [9.17, 15) is 4.79 Å². The number of hydrogen-bond acceptors (Lipinski definition) is 3. The number of fused-ring (bicyclic) bond motifs is 1. The highest BCUT2D eigenvalue weighted by molar-refractivity contribution is 5.97. The van der Waals surface area contributed by atoms with Crippen molar-refractivity contribution in [3.8, 4) is 5.75 Å². The van der Waals surface area contributed by atoms with Crippen molar-refractivity contribution in [1.29, 1.82) is 0 Å². The van der Waals surface area contributed by atoms with Gasteiger partial charge in [0.05, 0.1) is 12.1 Å². The molecule has 1 saturated heterocycles. The summed E-state index contributed by atoms with van der Waals surface area (Å²) in [6.07, 6.45) is 2.04. The number of ether oxygens (including phenoxy) is 1. The molecule has 2 aromatic carbocycles. The highest BCUT2D eigenvalue weighted by Gasteiger charge is 2.40. The first-order valence-electron chi connectivity index (χ1n) is 8.98. The summed E-state index contributed by atoms with van der Waals surface area (Å²) in [7, 11) is 0. The van der Waals surface area contributed by atoms with Crippen LogP contribution in [0.2, 0.25) is 0 Å². The minimum absolute atomic E-state index is 0.0388. The highest BCUT2D eigenvalue weighted by atomic mass is 16.5. The minimum atomic E-state index is -0.342. The SMILES string of the molecule is Cc1ccc(CN2CCCC3(CNC(=O)c4ccccc4O3)C2)cc1. The molecule has 0 saturated carbocycles. The maximum atomic E-state index is 12.3. The Morgan fingerprint density at radius 2 is 1.96 bits per heavy atom. The molecule has 1 fully saturated rings. The van der Waals surface area contributed by atoms with Gasteiger partial charge < -0.3 is 10.1 Å². The summed E-state index contributed by atoms with van der Waals surface area (Å²) in [4.78, 5) is 14.8. The second-order valence-electron chi connectivity index (χ2n) is 7.26. The monoisotopic (exact) mass is 336 g/mol. The molecule has 0 bridgehead atoms. The van der Waals surface area contributed by atoms with Crippen molar-refractivity contribution in [2.24, 2.45) is 0 Å². The number of benzene rings is 2. The fourth-order valence-electron chi connectivity index (χ4n) is 3.85. The van der Waals surface area contributed by atoms with Gasteiger partial charge in [-0.25, -0.2) is 0 Å². The van der Waals surface area contributed by atoms with Crippen molar-refractivity contribution in [2.45, 2.75) is 31.9 Å². The first-order chi connectivity index (χ1) is 12.1. The third-order valence-corrected chi connectivity index (χ3v) is 5.17. The summed E-state index contributed by atoms with van der Waals surface area (Å²) in [6, 6.07) is 16.3. The Hall–Kier alpha value is -2.33. The van der Waals surface area contributed by atoms with E-state index in [1.807, 2.05) is 24.3 Å². The molecule has 2 aliphatic rings. The Morgan fingerprint density at radius 3 is 2.80 bits per heavy atom. The molecule has 1 N–H and O–H groups in total. The highest BCUT2D eigenvalue weighted by Crippen LogP contribution is 2.32. The number of carbonyl (C=O) groups excluding carboxylic acids is 1. The molecule has 2 heterocycles. The number of nitrogens with zero attached hydrogens (tertiary/aromatic N) is 1. The molecule has 1 unspecified atom stereocenters. The lowest BCUT2D eigenvalue weighted by Gasteiger charge is -2.42. The van der Waals surface area contributed by atoms with Crippen LogP contribution in [-0.2, 0) is 6.54 Å². The molecule has 1 amide bonds. The van der Waals surface area contributed by atoms with E-state index >= 15 is 0 Å². The second-order valence-corrected chi connectivity index (χ2v) is 7.26. The van der Waals surface area contributed by atoms with Gasteiger partial charge in [-0.1, -0.05) is 42.0 Å². The number of piperidine rings is 1. The smallest absolute Gasteiger partial charge is 0.255 e. The van der Waals surface area contributed by atoms with E-state index in [2.05, 4.69) is 41.4 Å². The van der Waals surface area contributed by atoms with Crippen LogP contribution in [0.1, 0.15) is 34.3 Å². The van der Waals surface area contributed by atoms with Gasteiger partial charge in [-0.05, 0) is 44.0 Å². The molecule has 2 aromatic rings. The Balaban J connectivity index is 1.53. The van der Waals surface area contributed by atoms with E-state index < -0.39 is 0 Å². The van der Waals surface area contributed by atoms with Crippen LogP contribution in [-0.4, -0.2) is 36.0 Å². The zero-order chi connectivity index (χ0) is 17.3. The molecular formula is C21H24N2O2.